The molecule has 2 fully saturated rings. The summed E-state index contributed by atoms with van der Waals surface area (Å²) in [5.41, 5.74) is 1.47. The van der Waals surface area contributed by atoms with E-state index in [-0.39, 0.29) is 0 Å². The minimum atomic E-state index is 0.496. The van der Waals surface area contributed by atoms with Crippen molar-refractivity contribution in [1.82, 2.24) is 4.90 Å². The van der Waals surface area contributed by atoms with Crippen molar-refractivity contribution >= 4 is 6.41 Å². The molecule has 1 amide bonds. The summed E-state index contributed by atoms with van der Waals surface area (Å²) in [6, 6.07) is 11.4. The summed E-state index contributed by atoms with van der Waals surface area (Å²) in [4.78, 5) is 13.2. The second kappa shape index (κ2) is 5.13. The van der Waals surface area contributed by atoms with Crippen molar-refractivity contribution in [1.29, 1.82) is 0 Å². The van der Waals surface area contributed by atoms with Crippen LogP contribution >= 0.6 is 0 Å². The van der Waals surface area contributed by atoms with E-state index in [1.165, 1.54) is 31.2 Å². The van der Waals surface area contributed by atoms with Gasteiger partial charge in [-0.3, -0.25) is 4.79 Å². The molecule has 0 N–H and O–H groups in total. The van der Waals surface area contributed by atoms with Crippen molar-refractivity contribution in [2.45, 2.75) is 44.1 Å². The lowest BCUT2D eigenvalue weighted by molar-refractivity contribution is -0.124. The summed E-state index contributed by atoms with van der Waals surface area (Å²) in [6.07, 6.45) is 7.31. The molecule has 1 aromatic carbocycles. The first-order chi connectivity index (χ1) is 8.90. The van der Waals surface area contributed by atoms with Crippen LogP contribution in [-0.4, -0.2) is 23.9 Å². The molecule has 2 unspecified atom stereocenters. The molecule has 1 saturated carbocycles. The van der Waals surface area contributed by atoms with Gasteiger partial charge in [-0.15, -0.1) is 0 Å². The monoisotopic (exact) mass is 243 g/mol. The maximum atomic E-state index is 11.2. The number of carbonyl (C=O) groups excluding carboxylic acids is 1. The topological polar surface area (TPSA) is 20.3 Å². The van der Waals surface area contributed by atoms with Crippen LogP contribution in [0.15, 0.2) is 30.3 Å². The normalized spacial score (nSPS) is 31.8. The Morgan fingerprint density at radius 1 is 1.06 bits per heavy atom. The Balaban J connectivity index is 1.86. The second-order valence-electron chi connectivity index (χ2n) is 5.66. The summed E-state index contributed by atoms with van der Waals surface area (Å²) in [5, 5.41) is 0. The highest BCUT2D eigenvalue weighted by Gasteiger charge is 2.39. The van der Waals surface area contributed by atoms with Gasteiger partial charge in [0.25, 0.3) is 0 Å². The highest BCUT2D eigenvalue weighted by atomic mass is 16.1. The third kappa shape index (κ3) is 2.05. The number of carbonyl (C=O) groups is 1. The Hall–Kier alpha value is -1.31. The molecule has 1 heterocycles. The fraction of sp³-hybridized carbons (Fsp3) is 0.562. The number of hydrogen-bond acceptors (Lipinski definition) is 1. The SMILES string of the molecule is O=CN1CC[C@H](c2ccccc2)C2CCCCC21. The predicted molar refractivity (Wildman–Crippen MR) is 72.3 cm³/mol. The van der Waals surface area contributed by atoms with E-state index in [2.05, 4.69) is 35.2 Å². The lowest BCUT2D eigenvalue weighted by atomic mass is 9.69. The van der Waals surface area contributed by atoms with Crippen LogP contribution in [-0.2, 0) is 4.79 Å². The van der Waals surface area contributed by atoms with Gasteiger partial charge in [-0.1, -0.05) is 43.2 Å². The van der Waals surface area contributed by atoms with Gasteiger partial charge in [0.2, 0.25) is 6.41 Å². The number of rotatable bonds is 2. The van der Waals surface area contributed by atoms with Gasteiger partial charge in [-0.2, -0.15) is 0 Å². The van der Waals surface area contributed by atoms with E-state index < -0.39 is 0 Å². The quantitative estimate of drug-likeness (QED) is 0.730. The summed E-state index contributed by atoms with van der Waals surface area (Å²) in [5.74, 6) is 1.34. The summed E-state index contributed by atoms with van der Waals surface area (Å²) in [6.45, 7) is 0.935. The molecular weight excluding hydrogens is 222 g/mol. The molecule has 1 aliphatic heterocycles. The Kier molecular flexibility index (Phi) is 3.35. The number of amides is 1. The molecule has 1 aliphatic carbocycles. The first-order valence-corrected chi connectivity index (χ1v) is 7.16. The van der Waals surface area contributed by atoms with Crippen molar-refractivity contribution < 1.29 is 4.79 Å². The largest absolute Gasteiger partial charge is 0.342 e. The summed E-state index contributed by atoms with van der Waals surface area (Å²) < 4.78 is 0. The number of likely N-dealkylation sites (tertiary alicyclic amines) is 1. The molecule has 3 atom stereocenters. The second-order valence-corrected chi connectivity index (χ2v) is 5.66. The van der Waals surface area contributed by atoms with Crippen LogP contribution < -0.4 is 0 Å². The fourth-order valence-electron chi connectivity index (χ4n) is 3.93. The van der Waals surface area contributed by atoms with Gasteiger partial charge in [-0.05, 0) is 36.7 Å². The van der Waals surface area contributed by atoms with Crippen LogP contribution in [0.1, 0.15) is 43.6 Å². The first-order valence-electron chi connectivity index (χ1n) is 7.16. The van der Waals surface area contributed by atoms with Crippen LogP contribution in [0.4, 0.5) is 0 Å². The molecule has 2 aliphatic rings. The number of hydrogen-bond donors (Lipinski definition) is 0. The zero-order valence-electron chi connectivity index (χ0n) is 10.8. The summed E-state index contributed by atoms with van der Waals surface area (Å²) >= 11 is 0. The van der Waals surface area contributed by atoms with Gasteiger partial charge >= 0.3 is 0 Å². The fourth-order valence-corrected chi connectivity index (χ4v) is 3.93. The lowest BCUT2D eigenvalue weighted by Gasteiger charge is -2.47. The molecule has 18 heavy (non-hydrogen) atoms. The van der Waals surface area contributed by atoms with Crippen LogP contribution in [0, 0.1) is 5.92 Å². The third-order valence-corrected chi connectivity index (χ3v) is 4.79. The molecule has 1 aromatic rings. The highest BCUT2D eigenvalue weighted by Crippen LogP contribution is 2.43. The molecule has 0 aromatic heterocycles. The van der Waals surface area contributed by atoms with E-state index in [4.69, 9.17) is 0 Å². The first kappa shape index (κ1) is 11.8. The van der Waals surface area contributed by atoms with Gasteiger partial charge in [0, 0.05) is 12.6 Å². The molecule has 3 rings (SSSR count). The van der Waals surface area contributed by atoms with Gasteiger partial charge in [0.1, 0.15) is 0 Å². The van der Waals surface area contributed by atoms with E-state index in [0.29, 0.717) is 17.9 Å². The molecule has 0 spiro atoms. The molecule has 96 valence electrons. The van der Waals surface area contributed by atoms with E-state index >= 15 is 0 Å². The Labute approximate surface area is 109 Å². The molecular formula is C16H21NO. The number of fused-ring (bicyclic) bond motifs is 1. The van der Waals surface area contributed by atoms with E-state index in [1.54, 1.807) is 0 Å². The zero-order chi connectivity index (χ0) is 12.4. The molecule has 2 heteroatoms. The smallest absolute Gasteiger partial charge is 0.209 e. The maximum Gasteiger partial charge on any atom is 0.209 e. The van der Waals surface area contributed by atoms with Crippen LogP contribution in [0.25, 0.3) is 0 Å². The van der Waals surface area contributed by atoms with E-state index in [9.17, 15) is 4.79 Å². The van der Waals surface area contributed by atoms with E-state index in [1.807, 2.05) is 0 Å². The van der Waals surface area contributed by atoms with Gasteiger partial charge in [0.05, 0.1) is 0 Å². The van der Waals surface area contributed by atoms with Gasteiger partial charge in [0.15, 0.2) is 0 Å². The average molecular weight is 243 g/mol. The Morgan fingerprint density at radius 3 is 2.61 bits per heavy atom. The summed E-state index contributed by atoms with van der Waals surface area (Å²) in [7, 11) is 0. The highest BCUT2D eigenvalue weighted by molar-refractivity contribution is 5.48. The molecule has 0 radical (unpaired) electrons. The number of piperidine rings is 1. The number of benzene rings is 1. The van der Waals surface area contributed by atoms with E-state index in [0.717, 1.165) is 19.4 Å². The van der Waals surface area contributed by atoms with Crippen molar-refractivity contribution in [3.8, 4) is 0 Å². The Bertz CT molecular complexity index is 403. The Morgan fingerprint density at radius 2 is 1.83 bits per heavy atom. The molecule has 0 bridgehead atoms. The van der Waals surface area contributed by atoms with Crippen LogP contribution in [0.2, 0.25) is 0 Å². The van der Waals surface area contributed by atoms with Crippen LogP contribution in [0.5, 0.6) is 0 Å². The van der Waals surface area contributed by atoms with Crippen molar-refractivity contribution in [2.24, 2.45) is 5.92 Å². The lowest BCUT2D eigenvalue weighted by Crippen LogP contribution is -2.49. The van der Waals surface area contributed by atoms with Crippen molar-refractivity contribution in [2.75, 3.05) is 6.54 Å². The van der Waals surface area contributed by atoms with Crippen molar-refractivity contribution in [3.63, 3.8) is 0 Å². The number of nitrogens with zero attached hydrogens (tertiary/aromatic N) is 1. The molecule has 2 nitrogen and oxygen atoms in total. The van der Waals surface area contributed by atoms with Gasteiger partial charge < -0.3 is 4.90 Å². The van der Waals surface area contributed by atoms with Gasteiger partial charge in [-0.25, -0.2) is 0 Å². The third-order valence-electron chi connectivity index (χ3n) is 4.79. The predicted octanol–water partition coefficient (Wildman–Crippen LogP) is 3.19. The zero-order valence-corrected chi connectivity index (χ0v) is 10.8. The maximum absolute atomic E-state index is 11.2. The standard InChI is InChI=1S/C16H21NO/c18-12-17-11-10-14(13-6-2-1-3-7-13)15-8-4-5-9-16(15)17/h1-3,6-7,12,14-16H,4-5,8-11H2/t14-,15?,16?/m1/s1. The van der Waals surface area contributed by atoms with Crippen molar-refractivity contribution in [3.05, 3.63) is 35.9 Å². The minimum absolute atomic E-state index is 0.496. The minimum Gasteiger partial charge on any atom is -0.342 e. The average Bonchev–Trinajstić information content (AvgIpc) is 2.47. The molecule has 1 saturated heterocycles. The van der Waals surface area contributed by atoms with Crippen LogP contribution in [0.3, 0.4) is 0 Å².